The van der Waals surface area contributed by atoms with Crippen LogP contribution in [0.1, 0.15) is 38.8 Å². The fourth-order valence-electron chi connectivity index (χ4n) is 4.69. The van der Waals surface area contributed by atoms with Gasteiger partial charge in [-0.15, -0.1) is 11.3 Å². The summed E-state index contributed by atoms with van der Waals surface area (Å²) in [4.78, 5) is 20.9. The first-order chi connectivity index (χ1) is 15.5. The van der Waals surface area contributed by atoms with E-state index < -0.39 is 0 Å². The van der Waals surface area contributed by atoms with Gasteiger partial charge in [-0.3, -0.25) is 0 Å². The zero-order chi connectivity index (χ0) is 22.5. The molecule has 0 N–H and O–H groups in total. The van der Waals surface area contributed by atoms with Crippen molar-refractivity contribution >= 4 is 55.2 Å². The smallest absolute Gasteiger partial charge is 0.189 e. The Morgan fingerprint density at radius 2 is 1.84 bits per heavy atom. The SMILES string of the molecule is CCN(CC)c1nc(SC)nc2c1sc1nc(N3CCOCC3)c3c(c12)CC(C)(C)OC3. The van der Waals surface area contributed by atoms with E-state index in [0.717, 1.165) is 77.7 Å². The van der Waals surface area contributed by atoms with Crippen molar-refractivity contribution in [2.75, 3.05) is 55.4 Å². The number of anilines is 2. The average molecular weight is 474 g/mol. The third kappa shape index (κ3) is 3.73. The predicted octanol–water partition coefficient (Wildman–Crippen LogP) is 4.50. The number of hydrogen-bond acceptors (Lipinski definition) is 9. The van der Waals surface area contributed by atoms with Gasteiger partial charge in [0.05, 0.1) is 35.6 Å². The summed E-state index contributed by atoms with van der Waals surface area (Å²) in [5, 5.41) is 2.01. The van der Waals surface area contributed by atoms with Crippen LogP contribution in [0.2, 0.25) is 0 Å². The van der Waals surface area contributed by atoms with E-state index in [2.05, 4.69) is 37.5 Å². The Bertz CT molecular complexity index is 1150. The van der Waals surface area contributed by atoms with E-state index in [1.165, 1.54) is 16.5 Å². The lowest BCUT2D eigenvalue weighted by molar-refractivity contribution is -0.0396. The third-order valence-electron chi connectivity index (χ3n) is 6.39. The number of hydrogen-bond donors (Lipinski definition) is 0. The molecule has 2 aliphatic heterocycles. The summed E-state index contributed by atoms with van der Waals surface area (Å²) in [6, 6.07) is 0. The van der Waals surface area contributed by atoms with Gasteiger partial charge in [0.15, 0.2) is 11.0 Å². The number of morpholine rings is 1. The summed E-state index contributed by atoms with van der Waals surface area (Å²) in [6.07, 6.45) is 2.90. The Labute approximate surface area is 197 Å². The highest BCUT2D eigenvalue weighted by Crippen LogP contribution is 2.45. The van der Waals surface area contributed by atoms with Gasteiger partial charge in [-0.1, -0.05) is 11.8 Å². The maximum atomic E-state index is 6.26. The molecule has 5 rings (SSSR count). The maximum absolute atomic E-state index is 6.26. The molecule has 3 aromatic heterocycles. The second kappa shape index (κ2) is 8.59. The summed E-state index contributed by atoms with van der Waals surface area (Å²) < 4.78 is 13.0. The lowest BCUT2D eigenvalue weighted by Gasteiger charge is -2.36. The van der Waals surface area contributed by atoms with Crippen LogP contribution in [0, 0.1) is 0 Å². The number of ether oxygens (including phenoxy) is 2. The van der Waals surface area contributed by atoms with Crippen LogP contribution in [-0.2, 0) is 22.5 Å². The summed E-state index contributed by atoms with van der Waals surface area (Å²) in [6.45, 7) is 14.3. The van der Waals surface area contributed by atoms with Crippen molar-refractivity contribution in [1.29, 1.82) is 0 Å². The lowest BCUT2D eigenvalue weighted by Crippen LogP contribution is -2.39. The zero-order valence-corrected chi connectivity index (χ0v) is 21.2. The van der Waals surface area contributed by atoms with E-state index in [9.17, 15) is 0 Å². The minimum absolute atomic E-state index is 0.213. The van der Waals surface area contributed by atoms with Crippen LogP contribution >= 0.6 is 23.1 Å². The quantitative estimate of drug-likeness (QED) is 0.397. The van der Waals surface area contributed by atoms with Gasteiger partial charge in [0.2, 0.25) is 0 Å². The van der Waals surface area contributed by atoms with Crippen molar-refractivity contribution in [3.8, 4) is 0 Å². The summed E-state index contributed by atoms with van der Waals surface area (Å²) in [5.74, 6) is 2.08. The molecule has 32 heavy (non-hydrogen) atoms. The molecule has 0 spiro atoms. The molecule has 0 radical (unpaired) electrons. The van der Waals surface area contributed by atoms with E-state index in [-0.39, 0.29) is 5.60 Å². The molecule has 0 aromatic carbocycles. The van der Waals surface area contributed by atoms with Crippen LogP contribution in [0.5, 0.6) is 0 Å². The molecule has 1 saturated heterocycles. The van der Waals surface area contributed by atoms with Crippen molar-refractivity contribution in [3.63, 3.8) is 0 Å². The third-order valence-corrected chi connectivity index (χ3v) is 8.00. The average Bonchev–Trinajstić information content (AvgIpc) is 3.18. The van der Waals surface area contributed by atoms with Crippen molar-refractivity contribution in [1.82, 2.24) is 15.0 Å². The lowest BCUT2D eigenvalue weighted by atomic mass is 9.90. The summed E-state index contributed by atoms with van der Waals surface area (Å²) in [5.41, 5.74) is 3.39. The van der Waals surface area contributed by atoms with Gasteiger partial charge >= 0.3 is 0 Å². The standard InChI is InChI=1S/C23H31N5O2S2/c1-6-27(7-2)20-18-17(24-22(26-20)31-5)16-14-12-23(3,4)30-13-15(14)19(25-21(16)32-18)28-8-10-29-11-9-28/h6-13H2,1-5H3. The molecular weight excluding hydrogens is 442 g/mol. The Morgan fingerprint density at radius 3 is 2.53 bits per heavy atom. The van der Waals surface area contributed by atoms with Gasteiger partial charge in [0.25, 0.3) is 0 Å². The molecule has 0 amide bonds. The summed E-state index contributed by atoms with van der Waals surface area (Å²) >= 11 is 3.33. The second-order valence-electron chi connectivity index (χ2n) is 8.88. The molecule has 2 aliphatic rings. The van der Waals surface area contributed by atoms with E-state index in [1.807, 2.05) is 6.26 Å². The first kappa shape index (κ1) is 22.1. The Kier molecular flexibility index (Phi) is 5.94. The molecule has 1 fully saturated rings. The van der Waals surface area contributed by atoms with Crippen LogP contribution in [0.25, 0.3) is 20.4 Å². The van der Waals surface area contributed by atoms with Gasteiger partial charge in [-0.25, -0.2) is 15.0 Å². The summed E-state index contributed by atoms with van der Waals surface area (Å²) in [7, 11) is 0. The highest BCUT2D eigenvalue weighted by atomic mass is 32.2. The highest BCUT2D eigenvalue weighted by molar-refractivity contribution is 7.98. The van der Waals surface area contributed by atoms with Crippen LogP contribution in [0.15, 0.2) is 5.16 Å². The largest absolute Gasteiger partial charge is 0.378 e. The number of thioether (sulfide) groups is 1. The Hall–Kier alpha value is -1.68. The fourth-order valence-corrected chi connectivity index (χ4v) is 6.21. The predicted molar refractivity (Wildman–Crippen MR) is 134 cm³/mol. The molecule has 3 aromatic rings. The molecular formula is C23H31N5O2S2. The number of fused-ring (bicyclic) bond motifs is 5. The van der Waals surface area contributed by atoms with Crippen molar-refractivity contribution in [2.24, 2.45) is 0 Å². The van der Waals surface area contributed by atoms with Crippen LogP contribution < -0.4 is 9.80 Å². The first-order valence-corrected chi connectivity index (χ1v) is 13.4. The first-order valence-electron chi connectivity index (χ1n) is 11.4. The molecule has 5 heterocycles. The van der Waals surface area contributed by atoms with Crippen molar-refractivity contribution < 1.29 is 9.47 Å². The van der Waals surface area contributed by atoms with Gasteiger partial charge in [-0.05, 0) is 39.5 Å². The molecule has 9 heteroatoms. The molecule has 0 unspecified atom stereocenters. The number of rotatable bonds is 5. The molecule has 0 atom stereocenters. The normalized spacial score (nSPS) is 18.3. The van der Waals surface area contributed by atoms with Gasteiger partial charge in [0.1, 0.15) is 10.6 Å². The number of pyridine rings is 1. The van der Waals surface area contributed by atoms with Gasteiger partial charge in [-0.2, -0.15) is 0 Å². The van der Waals surface area contributed by atoms with E-state index in [1.54, 1.807) is 23.1 Å². The number of nitrogens with zero attached hydrogens (tertiary/aromatic N) is 5. The maximum Gasteiger partial charge on any atom is 0.189 e. The van der Waals surface area contributed by atoms with E-state index in [4.69, 9.17) is 24.4 Å². The molecule has 0 saturated carbocycles. The number of aromatic nitrogens is 3. The molecule has 172 valence electrons. The number of thiophene rings is 1. The van der Waals surface area contributed by atoms with Crippen LogP contribution in [0.4, 0.5) is 11.6 Å². The monoisotopic (exact) mass is 473 g/mol. The van der Waals surface area contributed by atoms with E-state index >= 15 is 0 Å². The Balaban J connectivity index is 1.82. The zero-order valence-electron chi connectivity index (χ0n) is 19.5. The van der Waals surface area contributed by atoms with E-state index in [0.29, 0.717) is 6.61 Å². The van der Waals surface area contributed by atoms with Gasteiger partial charge in [0, 0.05) is 43.5 Å². The highest BCUT2D eigenvalue weighted by Gasteiger charge is 2.33. The molecule has 0 bridgehead atoms. The minimum atomic E-state index is -0.213. The second-order valence-corrected chi connectivity index (χ2v) is 10.7. The molecule has 0 aliphatic carbocycles. The van der Waals surface area contributed by atoms with Crippen molar-refractivity contribution in [2.45, 2.75) is 51.5 Å². The van der Waals surface area contributed by atoms with Crippen LogP contribution in [0.3, 0.4) is 0 Å². The topological polar surface area (TPSA) is 63.6 Å². The Morgan fingerprint density at radius 1 is 1.09 bits per heavy atom. The molecule has 7 nitrogen and oxygen atoms in total. The minimum Gasteiger partial charge on any atom is -0.378 e. The van der Waals surface area contributed by atoms with Crippen molar-refractivity contribution in [3.05, 3.63) is 11.1 Å². The van der Waals surface area contributed by atoms with Gasteiger partial charge < -0.3 is 19.3 Å². The van der Waals surface area contributed by atoms with Crippen LogP contribution in [-0.4, -0.2) is 66.2 Å². The fraction of sp³-hybridized carbons (Fsp3) is 0.609.